The first-order chi connectivity index (χ1) is 16.8. The Morgan fingerprint density at radius 3 is 2.31 bits per heavy atom. The molecule has 4 rings (SSSR count). The summed E-state index contributed by atoms with van der Waals surface area (Å²) >= 11 is 6.34. The molecule has 8 heteroatoms. The Morgan fingerprint density at radius 2 is 1.75 bits per heavy atom. The number of nitrogens with zero attached hydrogens (tertiary/aromatic N) is 2. The average molecular weight is 523 g/mol. The molecule has 1 atom stereocenters. The smallest absolute Gasteiger partial charge is 0.550 e. The molecule has 0 spiro atoms. The molecule has 2 aromatic rings. The molecule has 1 aromatic carbocycles. The summed E-state index contributed by atoms with van der Waals surface area (Å²) in [5, 5.41) is 16.0. The van der Waals surface area contributed by atoms with Gasteiger partial charge in [0.15, 0.2) is 0 Å². The number of carboxylic acids is 1. The van der Waals surface area contributed by atoms with Crippen molar-refractivity contribution in [2.45, 2.75) is 96.3 Å². The Bertz CT molecular complexity index is 1030. The van der Waals surface area contributed by atoms with Crippen molar-refractivity contribution in [2.75, 3.05) is 4.42 Å². The van der Waals surface area contributed by atoms with Crippen LogP contribution in [0.25, 0.3) is 0 Å². The fraction of sp³-hybridized carbons (Fsp3) is 0.607. The number of carboxylic acid groups (broad SMARTS) is 1. The van der Waals surface area contributed by atoms with E-state index in [1.54, 1.807) is 12.1 Å². The van der Waals surface area contributed by atoms with E-state index in [0.717, 1.165) is 52.9 Å². The summed E-state index contributed by atoms with van der Waals surface area (Å²) in [6, 6.07) is 7.29. The molecule has 1 heterocycles. The minimum Gasteiger partial charge on any atom is -0.550 e. The van der Waals surface area contributed by atoms with Crippen LogP contribution in [-0.2, 0) is 9.59 Å². The Labute approximate surface area is 241 Å². The van der Waals surface area contributed by atoms with Gasteiger partial charge < -0.3 is 14.4 Å². The summed E-state index contributed by atoms with van der Waals surface area (Å²) in [7, 11) is 0. The van der Waals surface area contributed by atoms with Crippen LogP contribution in [0.4, 0.5) is 5.69 Å². The predicted octanol–water partition coefficient (Wildman–Crippen LogP) is 2.99. The molecule has 2 fully saturated rings. The SMILES string of the molecule is CCC(CC)CC1CC(c2onc(C(CC(=O)[O-])CC(=O)N(Cl)c3ccc(C)cc3)c2C2CC2)C1.[Na+]. The molecule has 1 amide bonds. The third-order valence-electron chi connectivity index (χ3n) is 7.90. The number of benzene rings is 1. The topological polar surface area (TPSA) is 86.5 Å². The minimum absolute atomic E-state index is 0. The fourth-order valence-corrected chi connectivity index (χ4v) is 5.69. The van der Waals surface area contributed by atoms with Crippen molar-refractivity contribution in [3.8, 4) is 0 Å². The third kappa shape index (κ3) is 6.94. The maximum absolute atomic E-state index is 13.0. The number of amides is 1. The third-order valence-corrected chi connectivity index (χ3v) is 8.28. The standard InChI is InChI=1S/C28H37ClN2O4.Na/c1-4-18(5-2)12-19-13-22(14-19)28-26(20-8-9-20)27(30-35-28)21(16-25(33)34)15-24(32)31(29)23-10-6-17(3)7-11-23;/h6-7,10-11,18-22H,4-5,8-9,12-16H2,1-3H3,(H,33,34);/q;+1/p-1. The van der Waals surface area contributed by atoms with Crippen molar-refractivity contribution < 1.29 is 48.8 Å². The number of aryl methyl sites for hydroxylation is 1. The van der Waals surface area contributed by atoms with E-state index in [0.29, 0.717) is 29.1 Å². The zero-order valence-corrected chi connectivity index (χ0v) is 24.7. The van der Waals surface area contributed by atoms with Crippen LogP contribution in [0.3, 0.4) is 0 Å². The number of aromatic nitrogens is 1. The molecule has 2 aliphatic rings. The monoisotopic (exact) mass is 522 g/mol. The predicted molar refractivity (Wildman–Crippen MR) is 134 cm³/mol. The Kier molecular flexibility index (Phi) is 10.5. The van der Waals surface area contributed by atoms with E-state index in [1.165, 1.54) is 19.3 Å². The molecular weight excluding hydrogens is 487 g/mol. The molecule has 0 saturated heterocycles. The Morgan fingerprint density at radius 1 is 1.11 bits per heavy atom. The van der Waals surface area contributed by atoms with Crippen molar-refractivity contribution in [3.05, 3.63) is 46.8 Å². The maximum Gasteiger partial charge on any atom is 1.00 e. The molecule has 0 bridgehead atoms. The van der Waals surface area contributed by atoms with Gasteiger partial charge in [-0.15, -0.1) is 0 Å². The normalized spacial score (nSPS) is 19.9. The molecule has 0 N–H and O–H groups in total. The van der Waals surface area contributed by atoms with E-state index in [1.807, 2.05) is 19.1 Å². The van der Waals surface area contributed by atoms with Gasteiger partial charge in [0.25, 0.3) is 0 Å². The molecule has 2 aliphatic carbocycles. The van der Waals surface area contributed by atoms with E-state index in [9.17, 15) is 14.7 Å². The molecule has 1 unspecified atom stereocenters. The molecule has 0 aliphatic heterocycles. The molecule has 36 heavy (non-hydrogen) atoms. The summed E-state index contributed by atoms with van der Waals surface area (Å²) in [5.74, 6) is 0.870. The van der Waals surface area contributed by atoms with Crippen molar-refractivity contribution in [2.24, 2.45) is 11.8 Å². The van der Waals surface area contributed by atoms with Crippen LogP contribution in [0.5, 0.6) is 0 Å². The van der Waals surface area contributed by atoms with E-state index in [2.05, 4.69) is 19.0 Å². The van der Waals surface area contributed by atoms with Crippen LogP contribution in [0.15, 0.2) is 28.8 Å². The van der Waals surface area contributed by atoms with Gasteiger partial charge >= 0.3 is 29.6 Å². The van der Waals surface area contributed by atoms with E-state index < -0.39 is 11.9 Å². The van der Waals surface area contributed by atoms with Gasteiger partial charge in [-0.3, -0.25) is 4.79 Å². The second-order valence-corrected chi connectivity index (χ2v) is 10.9. The number of carbonyl (C=O) groups excluding carboxylic acids is 2. The van der Waals surface area contributed by atoms with Gasteiger partial charge in [0.2, 0.25) is 5.91 Å². The number of hydrogen-bond acceptors (Lipinski definition) is 5. The first-order valence-corrected chi connectivity index (χ1v) is 13.4. The quantitative estimate of drug-likeness (QED) is 0.316. The first kappa shape index (κ1) is 29.2. The van der Waals surface area contributed by atoms with E-state index >= 15 is 0 Å². The van der Waals surface area contributed by atoms with Crippen LogP contribution in [0.1, 0.15) is 112 Å². The van der Waals surface area contributed by atoms with Crippen LogP contribution in [0.2, 0.25) is 0 Å². The van der Waals surface area contributed by atoms with Crippen molar-refractivity contribution >= 4 is 29.3 Å². The Hall–Kier alpha value is -1.34. The largest absolute Gasteiger partial charge is 1.00 e. The average Bonchev–Trinajstić information content (AvgIpc) is 3.56. The summed E-state index contributed by atoms with van der Waals surface area (Å²) < 4.78 is 6.95. The molecule has 1 aromatic heterocycles. The fourth-order valence-electron chi connectivity index (χ4n) is 5.51. The van der Waals surface area contributed by atoms with E-state index in [4.69, 9.17) is 16.3 Å². The van der Waals surface area contributed by atoms with E-state index in [-0.39, 0.29) is 48.3 Å². The number of carbonyl (C=O) groups is 2. The maximum atomic E-state index is 13.0. The number of rotatable bonds is 12. The minimum atomic E-state index is -1.21. The molecule has 6 nitrogen and oxygen atoms in total. The molecular formula is C28H36ClN2NaO4. The van der Waals surface area contributed by atoms with Crippen LogP contribution < -0.4 is 39.1 Å². The summed E-state index contributed by atoms with van der Waals surface area (Å²) in [4.78, 5) is 24.6. The van der Waals surface area contributed by atoms with Crippen LogP contribution in [-0.4, -0.2) is 17.0 Å². The van der Waals surface area contributed by atoms with Gasteiger partial charge in [0.1, 0.15) is 5.76 Å². The number of halogens is 1. The molecule has 190 valence electrons. The Balaban J connectivity index is 0.00000361. The second-order valence-electron chi connectivity index (χ2n) is 10.6. The van der Waals surface area contributed by atoms with Gasteiger partial charge in [-0.25, -0.2) is 4.42 Å². The zero-order chi connectivity index (χ0) is 25.1. The second kappa shape index (κ2) is 12.9. The summed E-state index contributed by atoms with van der Waals surface area (Å²) in [6.07, 6.45) is 7.61. The first-order valence-electron chi connectivity index (χ1n) is 13.0. The van der Waals surface area contributed by atoms with Gasteiger partial charge in [-0.05, 0) is 75.3 Å². The van der Waals surface area contributed by atoms with Crippen LogP contribution in [0, 0.1) is 18.8 Å². The van der Waals surface area contributed by atoms with Crippen LogP contribution >= 0.6 is 11.8 Å². The summed E-state index contributed by atoms with van der Waals surface area (Å²) in [6.45, 7) is 6.48. The van der Waals surface area contributed by atoms with Gasteiger partial charge in [-0.1, -0.05) is 49.5 Å². The molecule has 0 radical (unpaired) electrons. The van der Waals surface area contributed by atoms with Crippen molar-refractivity contribution in [1.29, 1.82) is 0 Å². The van der Waals surface area contributed by atoms with Crippen molar-refractivity contribution in [3.63, 3.8) is 0 Å². The van der Waals surface area contributed by atoms with Gasteiger partial charge in [0, 0.05) is 41.6 Å². The molecule has 2 saturated carbocycles. The van der Waals surface area contributed by atoms with Crippen molar-refractivity contribution in [1.82, 2.24) is 5.16 Å². The number of anilines is 1. The number of aliphatic carboxylic acids is 1. The number of hydrogen-bond donors (Lipinski definition) is 0. The summed E-state index contributed by atoms with van der Waals surface area (Å²) in [5.41, 5.74) is 3.27. The zero-order valence-electron chi connectivity index (χ0n) is 22.0. The van der Waals surface area contributed by atoms with Gasteiger partial charge in [-0.2, -0.15) is 0 Å². The van der Waals surface area contributed by atoms with Gasteiger partial charge in [0.05, 0.1) is 11.4 Å².